The SMILES string of the molecule is COC(=O)c1ccsc1NC(=O)c1cc(C)no1. The van der Waals surface area contributed by atoms with E-state index in [0.29, 0.717) is 16.3 Å². The van der Waals surface area contributed by atoms with Gasteiger partial charge in [-0.25, -0.2) is 4.79 Å². The van der Waals surface area contributed by atoms with Crippen molar-refractivity contribution in [3.8, 4) is 0 Å². The van der Waals surface area contributed by atoms with Gasteiger partial charge in [0.15, 0.2) is 0 Å². The highest BCUT2D eigenvalue weighted by Gasteiger charge is 2.18. The number of rotatable bonds is 3. The Morgan fingerprint density at radius 2 is 2.28 bits per heavy atom. The molecule has 0 unspecified atom stereocenters. The van der Waals surface area contributed by atoms with Gasteiger partial charge in [0, 0.05) is 6.07 Å². The molecular formula is C11H10N2O4S. The highest BCUT2D eigenvalue weighted by Crippen LogP contribution is 2.24. The molecule has 0 aliphatic carbocycles. The van der Waals surface area contributed by atoms with Crippen LogP contribution in [0.25, 0.3) is 0 Å². The van der Waals surface area contributed by atoms with Gasteiger partial charge in [-0.2, -0.15) is 0 Å². The van der Waals surface area contributed by atoms with Gasteiger partial charge < -0.3 is 14.6 Å². The molecule has 0 saturated heterocycles. The van der Waals surface area contributed by atoms with Crippen LogP contribution in [0.4, 0.5) is 5.00 Å². The van der Waals surface area contributed by atoms with Crippen molar-refractivity contribution in [1.29, 1.82) is 0 Å². The summed E-state index contributed by atoms with van der Waals surface area (Å²) in [5.41, 5.74) is 0.923. The van der Waals surface area contributed by atoms with Gasteiger partial charge in [0.1, 0.15) is 5.00 Å². The molecule has 0 aliphatic rings. The number of nitrogens with zero attached hydrogens (tertiary/aromatic N) is 1. The number of carbonyl (C=O) groups is 2. The molecule has 0 bridgehead atoms. The Labute approximate surface area is 107 Å². The van der Waals surface area contributed by atoms with Crippen LogP contribution in [0.1, 0.15) is 26.6 Å². The molecule has 2 aromatic heterocycles. The highest BCUT2D eigenvalue weighted by molar-refractivity contribution is 7.14. The average molecular weight is 266 g/mol. The maximum absolute atomic E-state index is 11.8. The van der Waals surface area contributed by atoms with E-state index in [4.69, 9.17) is 4.52 Å². The summed E-state index contributed by atoms with van der Waals surface area (Å²) < 4.78 is 9.44. The molecule has 1 amide bonds. The van der Waals surface area contributed by atoms with Gasteiger partial charge in [-0.3, -0.25) is 4.79 Å². The van der Waals surface area contributed by atoms with Crippen LogP contribution in [0, 0.1) is 6.92 Å². The molecule has 0 aliphatic heterocycles. The summed E-state index contributed by atoms with van der Waals surface area (Å²) in [7, 11) is 1.28. The summed E-state index contributed by atoms with van der Waals surface area (Å²) in [6, 6.07) is 3.10. The molecule has 2 aromatic rings. The number of aromatic nitrogens is 1. The highest BCUT2D eigenvalue weighted by atomic mass is 32.1. The van der Waals surface area contributed by atoms with Crippen LogP contribution >= 0.6 is 11.3 Å². The van der Waals surface area contributed by atoms with E-state index in [1.807, 2.05) is 0 Å². The van der Waals surface area contributed by atoms with Crippen LogP contribution in [0.15, 0.2) is 22.0 Å². The Hall–Kier alpha value is -2.15. The fourth-order valence-corrected chi connectivity index (χ4v) is 2.08. The van der Waals surface area contributed by atoms with Gasteiger partial charge in [0.25, 0.3) is 5.91 Å². The van der Waals surface area contributed by atoms with Gasteiger partial charge >= 0.3 is 5.97 Å². The molecular weight excluding hydrogens is 256 g/mol. The van der Waals surface area contributed by atoms with Crippen LogP contribution in [0.5, 0.6) is 0 Å². The minimum atomic E-state index is -0.500. The van der Waals surface area contributed by atoms with Crippen molar-refractivity contribution in [3.05, 3.63) is 34.5 Å². The van der Waals surface area contributed by atoms with Gasteiger partial charge in [-0.15, -0.1) is 11.3 Å². The van der Waals surface area contributed by atoms with Crippen LogP contribution < -0.4 is 5.32 Å². The molecule has 0 spiro atoms. The van der Waals surface area contributed by atoms with Gasteiger partial charge in [-0.1, -0.05) is 5.16 Å². The number of esters is 1. The Kier molecular flexibility index (Phi) is 3.42. The minimum absolute atomic E-state index is 0.0942. The summed E-state index contributed by atoms with van der Waals surface area (Å²) in [5, 5.41) is 8.30. The van der Waals surface area contributed by atoms with Crippen LogP contribution in [0.3, 0.4) is 0 Å². The molecule has 94 valence electrons. The molecule has 2 heterocycles. The predicted molar refractivity (Wildman–Crippen MR) is 64.9 cm³/mol. The standard InChI is InChI=1S/C11H10N2O4S/c1-6-5-8(17-13-6)9(14)12-10-7(3-4-18-10)11(15)16-2/h3-5H,1-2H3,(H,12,14). The van der Waals surface area contributed by atoms with Crippen LogP contribution in [-0.4, -0.2) is 24.1 Å². The summed E-state index contributed by atoms with van der Waals surface area (Å²) >= 11 is 1.23. The summed E-state index contributed by atoms with van der Waals surface area (Å²) in [4.78, 5) is 23.2. The van der Waals surface area contributed by atoms with E-state index in [-0.39, 0.29) is 5.76 Å². The predicted octanol–water partition coefficient (Wildman–Crippen LogP) is 2.08. The number of ether oxygens (including phenoxy) is 1. The zero-order valence-corrected chi connectivity index (χ0v) is 10.5. The van der Waals surface area contributed by atoms with Gasteiger partial charge in [-0.05, 0) is 18.4 Å². The molecule has 0 atom stereocenters. The van der Waals surface area contributed by atoms with Crippen molar-refractivity contribution in [1.82, 2.24) is 5.16 Å². The first-order valence-electron chi connectivity index (χ1n) is 5.02. The number of methoxy groups -OCH3 is 1. The molecule has 1 N–H and O–H groups in total. The van der Waals surface area contributed by atoms with E-state index >= 15 is 0 Å². The van der Waals surface area contributed by atoms with E-state index in [0.717, 1.165) is 0 Å². The van der Waals surface area contributed by atoms with Crippen LogP contribution in [0.2, 0.25) is 0 Å². The van der Waals surface area contributed by atoms with Crippen molar-refractivity contribution in [2.75, 3.05) is 12.4 Å². The smallest absolute Gasteiger partial charge is 0.340 e. The lowest BCUT2D eigenvalue weighted by Crippen LogP contribution is -2.13. The minimum Gasteiger partial charge on any atom is -0.465 e. The quantitative estimate of drug-likeness (QED) is 0.860. The average Bonchev–Trinajstić information content (AvgIpc) is 2.97. The first-order chi connectivity index (χ1) is 8.61. The van der Waals surface area contributed by atoms with Crippen LogP contribution in [-0.2, 0) is 4.74 Å². The normalized spacial score (nSPS) is 10.1. The second-order valence-corrected chi connectivity index (χ2v) is 4.36. The fraction of sp³-hybridized carbons (Fsp3) is 0.182. The Morgan fingerprint density at radius 3 is 2.89 bits per heavy atom. The maximum Gasteiger partial charge on any atom is 0.340 e. The van der Waals surface area contributed by atoms with Crippen molar-refractivity contribution < 1.29 is 18.8 Å². The van der Waals surface area contributed by atoms with Crippen molar-refractivity contribution in [2.45, 2.75) is 6.92 Å². The second kappa shape index (κ2) is 5.01. The summed E-state index contributed by atoms with van der Waals surface area (Å²) in [5.74, 6) is -0.861. The third-order valence-electron chi connectivity index (χ3n) is 2.15. The molecule has 7 heteroatoms. The van der Waals surface area contributed by atoms with Crippen molar-refractivity contribution in [3.63, 3.8) is 0 Å². The number of carbonyl (C=O) groups excluding carboxylic acids is 2. The second-order valence-electron chi connectivity index (χ2n) is 3.44. The molecule has 6 nitrogen and oxygen atoms in total. The lowest BCUT2D eigenvalue weighted by Gasteiger charge is -2.02. The Morgan fingerprint density at radius 1 is 1.50 bits per heavy atom. The maximum atomic E-state index is 11.8. The number of nitrogens with one attached hydrogen (secondary N) is 1. The van der Waals surface area contributed by atoms with E-state index < -0.39 is 11.9 Å². The van der Waals surface area contributed by atoms with E-state index in [2.05, 4.69) is 15.2 Å². The van der Waals surface area contributed by atoms with Gasteiger partial charge in [0.05, 0.1) is 18.4 Å². The first kappa shape index (κ1) is 12.3. The van der Waals surface area contributed by atoms with Crippen molar-refractivity contribution >= 4 is 28.2 Å². The number of amides is 1. The lowest BCUT2D eigenvalue weighted by atomic mass is 10.3. The lowest BCUT2D eigenvalue weighted by molar-refractivity contribution is 0.0602. The van der Waals surface area contributed by atoms with E-state index in [9.17, 15) is 9.59 Å². The number of anilines is 1. The molecule has 2 rings (SSSR count). The van der Waals surface area contributed by atoms with E-state index in [1.54, 1.807) is 18.4 Å². The number of thiophene rings is 1. The zero-order chi connectivity index (χ0) is 13.1. The van der Waals surface area contributed by atoms with Crippen molar-refractivity contribution in [2.24, 2.45) is 0 Å². The third kappa shape index (κ3) is 2.40. The summed E-state index contributed by atoms with van der Waals surface area (Å²) in [6.45, 7) is 1.71. The largest absolute Gasteiger partial charge is 0.465 e. The third-order valence-corrected chi connectivity index (χ3v) is 2.98. The molecule has 18 heavy (non-hydrogen) atoms. The number of hydrogen-bond acceptors (Lipinski definition) is 6. The first-order valence-corrected chi connectivity index (χ1v) is 5.90. The van der Waals surface area contributed by atoms with E-state index in [1.165, 1.54) is 24.5 Å². The Balaban J connectivity index is 2.17. The monoisotopic (exact) mass is 266 g/mol. The topological polar surface area (TPSA) is 81.4 Å². The fourth-order valence-electron chi connectivity index (χ4n) is 1.31. The molecule has 0 saturated carbocycles. The zero-order valence-electron chi connectivity index (χ0n) is 9.72. The Bertz CT molecular complexity index is 587. The molecule has 0 radical (unpaired) electrons. The molecule has 0 fully saturated rings. The summed E-state index contributed by atoms with van der Waals surface area (Å²) in [6.07, 6.45) is 0. The number of aryl methyl sites for hydroxylation is 1. The number of hydrogen-bond donors (Lipinski definition) is 1. The molecule has 0 aromatic carbocycles. The van der Waals surface area contributed by atoms with Gasteiger partial charge in [0.2, 0.25) is 5.76 Å².